The molecule has 1 unspecified atom stereocenters. The summed E-state index contributed by atoms with van der Waals surface area (Å²) in [5, 5.41) is 8.23. The van der Waals surface area contributed by atoms with E-state index in [1.54, 1.807) is 0 Å². The third kappa shape index (κ3) is 3.66. The second-order valence-electron chi connectivity index (χ2n) is 8.06. The van der Waals surface area contributed by atoms with E-state index in [2.05, 4.69) is 49.5 Å². The smallest absolute Gasteiger partial charge is 0.161 e. The summed E-state index contributed by atoms with van der Waals surface area (Å²) >= 11 is 0. The molecule has 1 aromatic heterocycles. The van der Waals surface area contributed by atoms with Gasteiger partial charge in [-0.2, -0.15) is 5.10 Å². The summed E-state index contributed by atoms with van der Waals surface area (Å²) < 4.78 is 13.4. The molecule has 0 radical (unpaired) electrons. The van der Waals surface area contributed by atoms with Gasteiger partial charge in [-0.05, 0) is 57.2 Å². The number of nitrogens with zero attached hydrogens (tertiary/aromatic N) is 2. The number of hydrogen-bond acceptors (Lipinski definition) is 4. The molecule has 0 spiro atoms. The minimum Gasteiger partial charge on any atom is -0.486 e. The van der Waals surface area contributed by atoms with Gasteiger partial charge < -0.3 is 14.8 Å². The Labute approximate surface area is 149 Å². The van der Waals surface area contributed by atoms with Gasteiger partial charge in [0.05, 0.1) is 11.7 Å². The molecule has 1 atom stereocenters. The number of fused-ring (bicyclic) bond motifs is 1. The highest BCUT2D eigenvalue weighted by Crippen LogP contribution is 2.43. The van der Waals surface area contributed by atoms with Gasteiger partial charge in [-0.3, -0.25) is 4.68 Å². The standard InChI is InChI=1S/C20H27N3O2/c1-20(2,3)23-13-14(12-22-23)11-21-19(15-4-5-15)16-6-7-17-18(10-16)25-9-8-24-17/h6-7,10,12-13,15,19,21H,4-5,8-9,11H2,1-3H3. The molecule has 4 rings (SSSR count). The zero-order valence-electron chi connectivity index (χ0n) is 15.3. The predicted octanol–water partition coefficient (Wildman–Crippen LogP) is 3.65. The minimum atomic E-state index is 0.0178. The molecule has 1 saturated carbocycles. The molecular weight excluding hydrogens is 314 g/mol. The van der Waals surface area contributed by atoms with Gasteiger partial charge in [0.25, 0.3) is 0 Å². The molecule has 2 aromatic rings. The van der Waals surface area contributed by atoms with Crippen LogP contribution in [0.1, 0.15) is 50.8 Å². The van der Waals surface area contributed by atoms with Crippen LogP contribution < -0.4 is 14.8 Å². The van der Waals surface area contributed by atoms with Gasteiger partial charge in [0.2, 0.25) is 0 Å². The fourth-order valence-corrected chi connectivity index (χ4v) is 3.29. The van der Waals surface area contributed by atoms with Crippen molar-refractivity contribution in [1.82, 2.24) is 15.1 Å². The molecule has 1 aliphatic carbocycles. The first-order valence-electron chi connectivity index (χ1n) is 9.18. The molecule has 0 amide bonds. The molecule has 1 aliphatic heterocycles. The zero-order chi connectivity index (χ0) is 17.4. The quantitative estimate of drug-likeness (QED) is 0.902. The first-order valence-corrected chi connectivity index (χ1v) is 9.18. The molecule has 0 saturated heterocycles. The number of benzene rings is 1. The van der Waals surface area contributed by atoms with Gasteiger partial charge in [0.15, 0.2) is 11.5 Å². The fourth-order valence-electron chi connectivity index (χ4n) is 3.29. The lowest BCUT2D eigenvalue weighted by atomic mass is 10.0. The monoisotopic (exact) mass is 341 g/mol. The van der Waals surface area contributed by atoms with Gasteiger partial charge in [0, 0.05) is 24.3 Å². The maximum atomic E-state index is 5.75. The first kappa shape index (κ1) is 16.5. The molecule has 5 heteroatoms. The lowest BCUT2D eigenvalue weighted by Crippen LogP contribution is -2.24. The largest absolute Gasteiger partial charge is 0.486 e. The SMILES string of the molecule is CC(C)(C)n1cc(CNC(c2ccc3c(c2)OCCO3)C2CC2)cn1. The van der Waals surface area contributed by atoms with Crippen molar-refractivity contribution in [2.45, 2.75) is 51.7 Å². The van der Waals surface area contributed by atoms with Gasteiger partial charge in [-0.25, -0.2) is 0 Å². The number of nitrogens with one attached hydrogen (secondary N) is 1. The third-order valence-electron chi connectivity index (χ3n) is 4.87. The number of hydrogen-bond donors (Lipinski definition) is 1. The van der Waals surface area contributed by atoms with Crippen LogP contribution in [0.4, 0.5) is 0 Å². The molecule has 2 heterocycles. The van der Waals surface area contributed by atoms with Crippen LogP contribution in [0.5, 0.6) is 11.5 Å². The summed E-state index contributed by atoms with van der Waals surface area (Å²) in [4.78, 5) is 0. The second-order valence-corrected chi connectivity index (χ2v) is 8.06. The first-order chi connectivity index (χ1) is 12.0. The molecule has 2 aliphatic rings. The molecule has 5 nitrogen and oxygen atoms in total. The van der Waals surface area contributed by atoms with E-state index in [0.29, 0.717) is 25.2 Å². The summed E-state index contributed by atoms with van der Waals surface area (Å²) in [6, 6.07) is 6.71. The highest BCUT2D eigenvalue weighted by molar-refractivity contribution is 5.45. The Morgan fingerprint density at radius 1 is 1.20 bits per heavy atom. The molecule has 1 fully saturated rings. The Bertz CT molecular complexity index is 744. The van der Waals surface area contributed by atoms with Crippen molar-refractivity contribution < 1.29 is 9.47 Å². The van der Waals surface area contributed by atoms with Crippen LogP contribution >= 0.6 is 0 Å². The summed E-state index contributed by atoms with van der Waals surface area (Å²) in [5.74, 6) is 2.44. The van der Waals surface area contributed by atoms with E-state index in [1.807, 2.05) is 16.9 Å². The van der Waals surface area contributed by atoms with Crippen molar-refractivity contribution in [2.24, 2.45) is 5.92 Å². The van der Waals surface area contributed by atoms with Crippen LogP contribution in [0.25, 0.3) is 0 Å². The van der Waals surface area contributed by atoms with E-state index in [-0.39, 0.29) is 5.54 Å². The van der Waals surface area contributed by atoms with Crippen LogP contribution in [-0.4, -0.2) is 23.0 Å². The molecular formula is C20H27N3O2. The highest BCUT2D eigenvalue weighted by atomic mass is 16.6. The van der Waals surface area contributed by atoms with Gasteiger partial charge >= 0.3 is 0 Å². The van der Waals surface area contributed by atoms with Gasteiger partial charge in [-0.15, -0.1) is 0 Å². The maximum absolute atomic E-state index is 5.75. The summed E-state index contributed by atoms with van der Waals surface area (Å²) in [6.07, 6.45) is 6.67. The molecule has 134 valence electrons. The van der Waals surface area contributed by atoms with Crippen LogP contribution in [0.3, 0.4) is 0 Å². The van der Waals surface area contributed by atoms with E-state index in [0.717, 1.165) is 18.0 Å². The van der Waals surface area contributed by atoms with Gasteiger partial charge in [0.1, 0.15) is 13.2 Å². The van der Waals surface area contributed by atoms with Crippen LogP contribution in [-0.2, 0) is 12.1 Å². The number of aromatic nitrogens is 2. The Morgan fingerprint density at radius 3 is 2.64 bits per heavy atom. The summed E-state index contributed by atoms with van der Waals surface area (Å²) in [6.45, 7) is 8.59. The summed E-state index contributed by atoms with van der Waals surface area (Å²) in [7, 11) is 0. The Kier molecular flexibility index (Phi) is 4.20. The van der Waals surface area contributed by atoms with Crippen LogP contribution in [0.2, 0.25) is 0 Å². The number of ether oxygens (including phenoxy) is 2. The van der Waals surface area contributed by atoms with E-state index in [1.165, 1.54) is 24.0 Å². The van der Waals surface area contributed by atoms with Crippen molar-refractivity contribution in [3.63, 3.8) is 0 Å². The van der Waals surface area contributed by atoms with Crippen molar-refractivity contribution in [2.75, 3.05) is 13.2 Å². The van der Waals surface area contributed by atoms with Crippen LogP contribution in [0.15, 0.2) is 30.6 Å². The average Bonchev–Trinajstić information content (AvgIpc) is 3.30. The average molecular weight is 341 g/mol. The molecule has 25 heavy (non-hydrogen) atoms. The fraction of sp³-hybridized carbons (Fsp3) is 0.550. The van der Waals surface area contributed by atoms with Crippen molar-refractivity contribution in [3.05, 3.63) is 41.7 Å². The highest BCUT2D eigenvalue weighted by Gasteiger charge is 2.32. The topological polar surface area (TPSA) is 48.3 Å². The maximum Gasteiger partial charge on any atom is 0.161 e. The van der Waals surface area contributed by atoms with E-state index in [4.69, 9.17) is 9.47 Å². The second kappa shape index (κ2) is 6.37. The lowest BCUT2D eigenvalue weighted by molar-refractivity contribution is 0.171. The minimum absolute atomic E-state index is 0.0178. The van der Waals surface area contributed by atoms with E-state index in [9.17, 15) is 0 Å². The summed E-state index contributed by atoms with van der Waals surface area (Å²) in [5.41, 5.74) is 2.53. The zero-order valence-corrected chi connectivity index (χ0v) is 15.3. The normalized spacial score (nSPS) is 18.2. The Hall–Kier alpha value is -2.01. The molecule has 1 aromatic carbocycles. The van der Waals surface area contributed by atoms with Gasteiger partial charge in [-0.1, -0.05) is 6.07 Å². The van der Waals surface area contributed by atoms with Crippen molar-refractivity contribution in [1.29, 1.82) is 0 Å². The Balaban J connectivity index is 1.48. The molecule has 1 N–H and O–H groups in total. The third-order valence-corrected chi connectivity index (χ3v) is 4.87. The number of rotatable bonds is 5. The van der Waals surface area contributed by atoms with Crippen molar-refractivity contribution >= 4 is 0 Å². The molecule has 0 bridgehead atoms. The Morgan fingerprint density at radius 2 is 1.96 bits per heavy atom. The lowest BCUT2D eigenvalue weighted by Gasteiger charge is -2.23. The van der Waals surface area contributed by atoms with E-state index >= 15 is 0 Å². The van der Waals surface area contributed by atoms with E-state index < -0.39 is 0 Å². The van der Waals surface area contributed by atoms with Crippen LogP contribution in [0, 0.1) is 5.92 Å². The van der Waals surface area contributed by atoms with Crippen molar-refractivity contribution in [3.8, 4) is 11.5 Å². The predicted molar refractivity (Wildman–Crippen MR) is 97.0 cm³/mol.